The Labute approximate surface area is 98.2 Å². The van der Waals surface area contributed by atoms with Crippen molar-refractivity contribution in [3.05, 3.63) is 64.1 Å². The number of aryl methyl sites for hydroxylation is 1. The summed E-state index contributed by atoms with van der Waals surface area (Å²) in [5.41, 5.74) is 0.764. The smallest absolute Gasteiger partial charge is 0.277 e. The molecule has 17 heavy (non-hydrogen) atoms. The fourth-order valence-electron chi connectivity index (χ4n) is 1.46. The van der Waals surface area contributed by atoms with E-state index in [2.05, 4.69) is 5.10 Å². The number of nitrogens with zero attached hydrogens (tertiary/aromatic N) is 1. The summed E-state index contributed by atoms with van der Waals surface area (Å²) in [4.78, 5) is 23.2. The van der Waals surface area contributed by atoms with Gasteiger partial charge in [0.2, 0.25) is 0 Å². The number of rotatable bonds is 3. The Bertz CT molecular complexity index is 606. The standard InChI is InChI=1S/C13H12N2O2/c1-15-13(17)11(9-14-15)12(16)8-7-10-5-3-2-4-6-10/h2-9,14H,1H3/b8-7+. The average Bonchev–Trinajstić information content (AvgIpc) is 2.69. The molecule has 0 spiro atoms. The van der Waals surface area contributed by atoms with Gasteiger partial charge in [-0.25, -0.2) is 0 Å². The number of ketones is 1. The highest BCUT2D eigenvalue weighted by Crippen LogP contribution is 2.02. The Morgan fingerprint density at radius 3 is 2.59 bits per heavy atom. The highest BCUT2D eigenvalue weighted by molar-refractivity contribution is 6.06. The molecule has 86 valence electrons. The van der Waals surface area contributed by atoms with Crippen molar-refractivity contribution >= 4 is 11.9 Å². The highest BCUT2D eigenvalue weighted by atomic mass is 16.2. The van der Waals surface area contributed by atoms with Gasteiger partial charge in [0.1, 0.15) is 5.56 Å². The summed E-state index contributed by atoms with van der Waals surface area (Å²) in [5.74, 6) is -0.296. The lowest BCUT2D eigenvalue weighted by Gasteiger charge is -1.90. The van der Waals surface area contributed by atoms with Gasteiger partial charge in [-0.3, -0.25) is 14.3 Å². The topological polar surface area (TPSA) is 54.9 Å². The van der Waals surface area contributed by atoms with E-state index in [0.717, 1.165) is 5.56 Å². The van der Waals surface area contributed by atoms with E-state index >= 15 is 0 Å². The fraction of sp³-hybridized carbons (Fsp3) is 0.0769. The van der Waals surface area contributed by atoms with E-state index in [1.165, 1.54) is 17.0 Å². The number of hydrogen-bond donors (Lipinski definition) is 1. The van der Waals surface area contributed by atoms with Crippen molar-refractivity contribution < 1.29 is 4.79 Å². The Hall–Kier alpha value is -2.36. The summed E-state index contributed by atoms with van der Waals surface area (Å²) < 4.78 is 1.27. The summed E-state index contributed by atoms with van der Waals surface area (Å²) >= 11 is 0. The molecule has 0 aliphatic rings. The van der Waals surface area contributed by atoms with Crippen LogP contribution in [0.4, 0.5) is 0 Å². The van der Waals surface area contributed by atoms with Crippen LogP contribution < -0.4 is 5.56 Å². The fourth-order valence-corrected chi connectivity index (χ4v) is 1.46. The number of H-pyrrole nitrogens is 1. The number of carbonyl (C=O) groups is 1. The zero-order valence-corrected chi connectivity index (χ0v) is 9.38. The average molecular weight is 228 g/mol. The predicted octanol–water partition coefficient (Wildman–Crippen LogP) is 1.61. The Morgan fingerprint density at radius 1 is 1.29 bits per heavy atom. The van der Waals surface area contributed by atoms with Crippen molar-refractivity contribution in [2.75, 3.05) is 0 Å². The quantitative estimate of drug-likeness (QED) is 0.641. The van der Waals surface area contributed by atoms with Crippen LogP contribution in [0, 0.1) is 0 Å². The van der Waals surface area contributed by atoms with Gasteiger partial charge in [0.25, 0.3) is 5.56 Å². The first-order valence-electron chi connectivity index (χ1n) is 5.20. The van der Waals surface area contributed by atoms with E-state index in [1.54, 1.807) is 13.1 Å². The molecular weight excluding hydrogens is 216 g/mol. The molecule has 0 fully saturated rings. The minimum Gasteiger partial charge on any atom is -0.302 e. The van der Waals surface area contributed by atoms with Crippen LogP contribution >= 0.6 is 0 Å². The molecule has 2 rings (SSSR count). The molecule has 0 bridgehead atoms. The van der Waals surface area contributed by atoms with Gasteiger partial charge in [0.15, 0.2) is 5.78 Å². The van der Waals surface area contributed by atoms with Crippen LogP contribution in [-0.4, -0.2) is 15.6 Å². The van der Waals surface area contributed by atoms with Crippen molar-refractivity contribution in [1.29, 1.82) is 0 Å². The number of allylic oxidation sites excluding steroid dienone is 1. The second-order valence-corrected chi connectivity index (χ2v) is 3.66. The molecule has 0 unspecified atom stereocenters. The minimum absolute atomic E-state index is 0.152. The number of aromatic amines is 1. The van der Waals surface area contributed by atoms with Crippen molar-refractivity contribution in [2.45, 2.75) is 0 Å². The molecule has 2 aromatic rings. The van der Waals surface area contributed by atoms with E-state index in [1.807, 2.05) is 30.3 Å². The monoisotopic (exact) mass is 228 g/mol. The first kappa shape index (κ1) is 11.1. The number of nitrogens with one attached hydrogen (secondary N) is 1. The molecule has 0 radical (unpaired) electrons. The molecule has 1 heterocycles. The second-order valence-electron chi connectivity index (χ2n) is 3.66. The van der Waals surface area contributed by atoms with E-state index in [-0.39, 0.29) is 16.9 Å². The van der Waals surface area contributed by atoms with Gasteiger partial charge in [-0.2, -0.15) is 0 Å². The van der Waals surface area contributed by atoms with Gasteiger partial charge < -0.3 is 5.10 Å². The summed E-state index contributed by atoms with van der Waals surface area (Å²) in [6.07, 6.45) is 4.51. The molecular formula is C13H12N2O2. The lowest BCUT2D eigenvalue weighted by atomic mass is 10.1. The molecule has 0 saturated carbocycles. The van der Waals surface area contributed by atoms with Gasteiger partial charge in [-0.1, -0.05) is 36.4 Å². The van der Waals surface area contributed by atoms with E-state index in [4.69, 9.17) is 0 Å². The van der Waals surface area contributed by atoms with Crippen molar-refractivity contribution in [3.8, 4) is 0 Å². The molecule has 4 heteroatoms. The first-order chi connectivity index (χ1) is 8.18. The lowest BCUT2D eigenvalue weighted by Crippen LogP contribution is -2.17. The van der Waals surface area contributed by atoms with E-state index < -0.39 is 0 Å². The van der Waals surface area contributed by atoms with Gasteiger partial charge >= 0.3 is 0 Å². The summed E-state index contributed by atoms with van der Waals surface area (Å²) in [5, 5.41) is 2.67. The maximum atomic E-state index is 11.7. The number of carbonyl (C=O) groups excluding carboxylic acids is 1. The van der Waals surface area contributed by atoms with Gasteiger partial charge in [0, 0.05) is 13.2 Å². The third-order valence-corrected chi connectivity index (χ3v) is 2.43. The maximum absolute atomic E-state index is 11.7. The summed E-state index contributed by atoms with van der Waals surface area (Å²) in [6, 6.07) is 9.46. The number of aromatic nitrogens is 2. The Balaban J connectivity index is 2.21. The molecule has 0 atom stereocenters. The molecule has 1 aromatic carbocycles. The zero-order valence-electron chi connectivity index (χ0n) is 9.38. The third kappa shape index (κ3) is 2.42. The molecule has 0 aliphatic carbocycles. The van der Waals surface area contributed by atoms with Gasteiger partial charge in [0.05, 0.1) is 0 Å². The molecule has 1 N–H and O–H groups in total. The predicted molar refractivity (Wildman–Crippen MR) is 65.8 cm³/mol. The van der Waals surface area contributed by atoms with Crippen LogP contribution in [0.5, 0.6) is 0 Å². The van der Waals surface area contributed by atoms with Gasteiger partial charge in [-0.15, -0.1) is 0 Å². The molecule has 0 aliphatic heterocycles. The summed E-state index contributed by atoms with van der Waals surface area (Å²) in [7, 11) is 1.57. The molecule has 0 saturated heterocycles. The van der Waals surface area contributed by atoms with Crippen LogP contribution in [0.2, 0.25) is 0 Å². The van der Waals surface area contributed by atoms with Crippen LogP contribution in [0.25, 0.3) is 6.08 Å². The van der Waals surface area contributed by atoms with Crippen molar-refractivity contribution in [1.82, 2.24) is 9.78 Å². The molecule has 4 nitrogen and oxygen atoms in total. The van der Waals surface area contributed by atoms with Crippen LogP contribution in [0.15, 0.2) is 47.4 Å². The number of hydrogen-bond acceptors (Lipinski definition) is 2. The van der Waals surface area contributed by atoms with Crippen LogP contribution in [0.3, 0.4) is 0 Å². The highest BCUT2D eigenvalue weighted by Gasteiger charge is 2.09. The van der Waals surface area contributed by atoms with E-state index in [0.29, 0.717) is 0 Å². The van der Waals surface area contributed by atoms with Gasteiger partial charge in [-0.05, 0) is 11.6 Å². The minimum atomic E-state index is -0.312. The summed E-state index contributed by atoms with van der Waals surface area (Å²) in [6.45, 7) is 0. The number of benzene rings is 1. The van der Waals surface area contributed by atoms with Crippen LogP contribution in [0.1, 0.15) is 15.9 Å². The molecule has 0 amide bonds. The third-order valence-electron chi connectivity index (χ3n) is 2.43. The normalized spacial score (nSPS) is 10.9. The van der Waals surface area contributed by atoms with E-state index in [9.17, 15) is 9.59 Å². The Morgan fingerprint density at radius 2 is 2.00 bits per heavy atom. The van der Waals surface area contributed by atoms with Crippen LogP contribution in [-0.2, 0) is 7.05 Å². The molecule has 1 aromatic heterocycles. The maximum Gasteiger partial charge on any atom is 0.277 e. The zero-order chi connectivity index (χ0) is 12.3. The second kappa shape index (κ2) is 4.65. The van der Waals surface area contributed by atoms with Crippen molar-refractivity contribution in [3.63, 3.8) is 0 Å². The lowest BCUT2D eigenvalue weighted by molar-refractivity contribution is 0.104. The SMILES string of the molecule is Cn1[nH]cc(C(=O)/C=C/c2ccccc2)c1=O. The van der Waals surface area contributed by atoms with Crippen molar-refractivity contribution in [2.24, 2.45) is 7.05 Å². The largest absolute Gasteiger partial charge is 0.302 e. The first-order valence-corrected chi connectivity index (χ1v) is 5.20. The Kier molecular flexibility index (Phi) is 3.05.